The van der Waals surface area contributed by atoms with Gasteiger partial charge in [0.1, 0.15) is 11.6 Å². The zero-order valence-electron chi connectivity index (χ0n) is 13.2. The number of hydrogen-bond donors (Lipinski definition) is 1. The molecule has 2 aromatic carbocycles. The molecule has 3 rings (SSSR count). The molecule has 0 bridgehead atoms. The summed E-state index contributed by atoms with van der Waals surface area (Å²) >= 11 is 4.82. The predicted molar refractivity (Wildman–Crippen MR) is 99.7 cm³/mol. The van der Waals surface area contributed by atoms with E-state index in [1.165, 1.54) is 22.5 Å². The summed E-state index contributed by atoms with van der Waals surface area (Å²) < 4.78 is 21.8. The van der Waals surface area contributed by atoms with E-state index in [2.05, 4.69) is 26.1 Å². The molecule has 0 amide bonds. The van der Waals surface area contributed by atoms with Crippen molar-refractivity contribution >= 4 is 27.7 Å². The SMILES string of the molecule is Nn1c(Cc2ccccc2F)nnc1SCCOc1ccc(Br)cc1. The molecule has 0 radical (unpaired) electrons. The smallest absolute Gasteiger partial charge is 0.209 e. The number of halogens is 2. The van der Waals surface area contributed by atoms with Crippen molar-refractivity contribution < 1.29 is 9.13 Å². The van der Waals surface area contributed by atoms with Crippen LogP contribution in [0.1, 0.15) is 11.4 Å². The number of nitrogens with zero attached hydrogens (tertiary/aromatic N) is 3. The van der Waals surface area contributed by atoms with E-state index in [4.69, 9.17) is 10.6 Å². The van der Waals surface area contributed by atoms with Gasteiger partial charge in [-0.25, -0.2) is 9.07 Å². The van der Waals surface area contributed by atoms with Crippen molar-refractivity contribution in [1.82, 2.24) is 14.9 Å². The first-order chi connectivity index (χ1) is 12.1. The van der Waals surface area contributed by atoms with Crippen LogP contribution in [0.3, 0.4) is 0 Å². The van der Waals surface area contributed by atoms with Crippen LogP contribution in [0.4, 0.5) is 4.39 Å². The van der Waals surface area contributed by atoms with E-state index in [1.807, 2.05) is 24.3 Å². The highest BCUT2D eigenvalue weighted by Crippen LogP contribution is 2.19. The van der Waals surface area contributed by atoms with Gasteiger partial charge in [-0.05, 0) is 35.9 Å². The van der Waals surface area contributed by atoms with Gasteiger partial charge in [-0.1, -0.05) is 45.9 Å². The van der Waals surface area contributed by atoms with Gasteiger partial charge in [-0.3, -0.25) is 0 Å². The first-order valence-electron chi connectivity index (χ1n) is 7.57. The Kier molecular flexibility index (Phi) is 5.93. The van der Waals surface area contributed by atoms with Gasteiger partial charge in [0, 0.05) is 16.6 Å². The molecule has 0 aliphatic heterocycles. The van der Waals surface area contributed by atoms with Crippen molar-refractivity contribution in [2.24, 2.45) is 0 Å². The van der Waals surface area contributed by atoms with E-state index in [0.29, 0.717) is 35.3 Å². The molecule has 0 spiro atoms. The Morgan fingerprint density at radius 1 is 1.12 bits per heavy atom. The molecule has 1 heterocycles. The Morgan fingerprint density at radius 2 is 1.88 bits per heavy atom. The van der Waals surface area contributed by atoms with Crippen molar-refractivity contribution in [3.8, 4) is 5.75 Å². The summed E-state index contributed by atoms with van der Waals surface area (Å²) in [4.78, 5) is 0. The van der Waals surface area contributed by atoms with Gasteiger partial charge in [-0.2, -0.15) is 0 Å². The second-order valence-electron chi connectivity index (χ2n) is 5.19. The second kappa shape index (κ2) is 8.35. The predicted octanol–water partition coefficient (Wildman–Crippen LogP) is 3.66. The largest absolute Gasteiger partial charge is 0.493 e. The lowest BCUT2D eigenvalue weighted by atomic mass is 10.1. The fraction of sp³-hybridized carbons (Fsp3) is 0.176. The zero-order chi connectivity index (χ0) is 17.6. The number of ether oxygens (including phenoxy) is 1. The number of thioether (sulfide) groups is 1. The molecular formula is C17H16BrFN4OS. The number of nitrogens with two attached hydrogens (primary N) is 1. The third-order valence-electron chi connectivity index (χ3n) is 3.44. The molecule has 0 aliphatic rings. The first-order valence-corrected chi connectivity index (χ1v) is 9.35. The molecule has 0 saturated heterocycles. The Morgan fingerprint density at radius 3 is 2.64 bits per heavy atom. The Balaban J connectivity index is 1.53. The average molecular weight is 423 g/mol. The average Bonchev–Trinajstić information content (AvgIpc) is 2.95. The van der Waals surface area contributed by atoms with Crippen molar-refractivity contribution in [3.05, 3.63) is 70.2 Å². The lowest BCUT2D eigenvalue weighted by molar-refractivity contribution is 0.344. The molecule has 1 aromatic heterocycles. The Hall–Kier alpha value is -2.06. The monoisotopic (exact) mass is 422 g/mol. The summed E-state index contributed by atoms with van der Waals surface area (Å²) in [6, 6.07) is 14.2. The summed E-state index contributed by atoms with van der Waals surface area (Å²) in [7, 11) is 0. The van der Waals surface area contributed by atoms with Crippen LogP contribution in [0, 0.1) is 5.82 Å². The molecule has 3 aromatic rings. The van der Waals surface area contributed by atoms with Gasteiger partial charge in [0.15, 0.2) is 5.82 Å². The lowest BCUT2D eigenvalue weighted by Gasteiger charge is -2.06. The van der Waals surface area contributed by atoms with E-state index < -0.39 is 0 Å². The minimum atomic E-state index is -0.275. The van der Waals surface area contributed by atoms with Crippen LogP contribution < -0.4 is 10.6 Å². The van der Waals surface area contributed by atoms with Crippen LogP contribution in [0.2, 0.25) is 0 Å². The normalized spacial score (nSPS) is 10.8. The van der Waals surface area contributed by atoms with Gasteiger partial charge in [0.25, 0.3) is 0 Å². The van der Waals surface area contributed by atoms with Crippen LogP contribution in [0.25, 0.3) is 0 Å². The first kappa shape index (κ1) is 17.8. The summed E-state index contributed by atoms with van der Waals surface area (Å²) in [6.07, 6.45) is 0.298. The summed E-state index contributed by atoms with van der Waals surface area (Å²) in [5, 5.41) is 8.69. The second-order valence-corrected chi connectivity index (χ2v) is 7.17. The fourth-order valence-corrected chi connectivity index (χ4v) is 3.12. The standard InChI is InChI=1S/C17H16BrFN4OS/c18-13-5-7-14(8-6-13)24-9-10-25-17-22-21-16(23(17)20)11-12-3-1-2-4-15(12)19/h1-8H,9-11,20H2. The van der Waals surface area contributed by atoms with Crippen LogP contribution in [-0.4, -0.2) is 27.2 Å². The van der Waals surface area contributed by atoms with Gasteiger partial charge in [-0.15, -0.1) is 10.2 Å². The highest BCUT2D eigenvalue weighted by Gasteiger charge is 2.12. The number of nitrogen functional groups attached to an aromatic ring is 1. The van der Waals surface area contributed by atoms with E-state index in [0.717, 1.165) is 10.2 Å². The molecule has 0 fully saturated rings. The molecule has 25 heavy (non-hydrogen) atoms. The van der Waals surface area contributed by atoms with E-state index >= 15 is 0 Å². The van der Waals surface area contributed by atoms with Crippen LogP contribution in [-0.2, 0) is 6.42 Å². The Bertz CT molecular complexity index is 841. The molecular weight excluding hydrogens is 407 g/mol. The maximum absolute atomic E-state index is 13.7. The molecule has 0 unspecified atom stereocenters. The number of hydrogen-bond acceptors (Lipinski definition) is 5. The van der Waals surface area contributed by atoms with Gasteiger partial charge in [0.2, 0.25) is 5.16 Å². The van der Waals surface area contributed by atoms with Gasteiger partial charge < -0.3 is 10.6 Å². The quantitative estimate of drug-likeness (QED) is 0.357. The topological polar surface area (TPSA) is 66.0 Å². The maximum atomic E-state index is 13.7. The maximum Gasteiger partial charge on any atom is 0.209 e. The zero-order valence-corrected chi connectivity index (χ0v) is 15.6. The fourth-order valence-electron chi connectivity index (χ4n) is 2.16. The van der Waals surface area contributed by atoms with E-state index in [-0.39, 0.29) is 5.82 Å². The third-order valence-corrected chi connectivity index (χ3v) is 4.87. The van der Waals surface area contributed by atoms with Crippen molar-refractivity contribution in [2.45, 2.75) is 11.6 Å². The highest BCUT2D eigenvalue weighted by atomic mass is 79.9. The van der Waals surface area contributed by atoms with E-state index in [9.17, 15) is 4.39 Å². The van der Waals surface area contributed by atoms with Crippen molar-refractivity contribution in [1.29, 1.82) is 0 Å². The molecule has 2 N–H and O–H groups in total. The van der Waals surface area contributed by atoms with E-state index in [1.54, 1.807) is 18.2 Å². The molecule has 8 heteroatoms. The van der Waals surface area contributed by atoms with Crippen LogP contribution >= 0.6 is 27.7 Å². The molecule has 130 valence electrons. The van der Waals surface area contributed by atoms with Crippen molar-refractivity contribution in [2.75, 3.05) is 18.2 Å². The summed E-state index contributed by atoms with van der Waals surface area (Å²) in [5.74, 6) is 7.73. The number of rotatable bonds is 7. The molecule has 0 aliphatic carbocycles. The molecule has 5 nitrogen and oxygen atoms in total. The summed E-state index contributed by atoms with van der Waals surface area (Å²) in [6.45, 7) is 0.516. The number of benzene rings is 2. The lowest BCUT2D eigenvalue weighted by Crippen LogP contribution is -2.15. The van der Waals surface area contributed by atoms with Crippen LogP contribution in [0.5, 0.6) is 5.75 Å². The minimum absolute atomic E-state index is 0.275. The van der Waals surface area contributed by atoms with Gasteiger partial charge in [0.05, 0.1) is 6.61 Å². The Labute approximate surface area is 157 Å². The molecule has 0 atom stereocenters. The van der Waals surface area contributed by atoms with Gasteiger partial charge >= 0.3 is 0 Å². The van der Waals surface area contributed by atoms with Crippen molar-refractivity contribution in [3.63, 3.8) is 0 Å². The number of aromatic nitrogens is 3. The third kappa shape index (κ3) is 4.73. The molecule has 0 saturated carbocycles. The highest BCUT2D eigenvalue weighted by molar-refractivity contribution is 9.10. The van der Waals surface area contributed by atoms with Crippen LogP contribution in [0.15, 0.2) is 58.2 Å². The summed E-state index contributed by atoms with van der Waals surface area (Å²) in [5.41, 5.74) is 0.539. The minimum Gasteiger partial charge on any atom is -0.493 e.